The summed E-state index contributed by atoms with van der Waals surface area (Å²) in [6.07, 6.45) is 4.65. The second-order valence-electron chi connectivity index (χ2n) is 9.25. The third-order valence-electron chi connectivity index (χ3n) is 6.49. The van der Waals surface area contributed by atoms with E-state index < -0.39 is 6.17 Å². The van der Waals surface area contributed by atoms with Crippen LogP contribution in [0.1, 0.15) is 51.5 Å². The van der Waals surface area contributed by atoms with Crippen molar-refractivity contribution in [3.63, 3.8) is 0 Å². The van der Waals surface area contributed by atoms with Gasteiger partial charge in [0.1, 0.15) is 6.54 Å². The molecule has 5 rings (SSSR count). The van der Waals surface area contributed by atoms with E-state index in [1.54, 1.807) is 4.90 Å². The highest BCUT2D eigenvalue weighted by Gasteiger charge is 2.35. The average molecular weight is 397 g/mol. The Morgan fingerprint density at radius 1 is 1.14 bits per heavy atom. The highest BCUT2D eigenvalue weighted by atomic mass is 16.2. The van der Waals surface area contributed by atoms with Crippen molar-refractivity contribution in [3.05, 3.63) is 29.8 Å². The predicted molar refractivity (Wildman–Crippen MR) is 115 cm³/mol. The first-order valence-corrected chi connectivity index (χ1v) is 10.9. The van der Waals surface area contributed by atoms with Crippen molar-refractivity contribution in [2.24, 2.45) is 28.5 Å². The number of carbonyl (C=O) groups is 2. The lowest BCUT2D eigenvalue weighted by atomic mass is 9.84. The Morgan fingerprint density at radius 3 is 2.38 bits per heavy atom. The lowest BCUT2D eigenvalue weighted by Gasteiger charge is -2.28. The summed E-state index contributed by atoms with van der Waals surface area (Å²) < 4.78 is 0. The summed E-state index contributed by atoms with van der Waals surface area (Å²) in [5, 5.41) is 0. The molecule has 3 fully saturated rings. The Balaban J connectivity index is 1.60. The molecule has 6 nitrogen and oxygen atoms in total. The van der Waals surface area contributed by atoms with Gasteiger partial charge >= 0.3 is 0 Å². The largest absolute Gasteiger partial charge is 0.341 e. The van der Waals surface area contributed by atoms with Crippen molar-refractivity contribution in [2.75, 3.05) is 24.5 Å². The van der Waals surface area contributed by atoms with Gasteiger partial charge in [0, 0.05) is 24.4 Å². The number of benzodiazepines with no additional fused rings is 1. The summed E-state index contributed by atoms with van der Waals surface area (Å²) >= 11 is 0. The topological polar surface area (TPSA) is 79.0 Å². The average Bonchev–Trinajstić information content (AvgIpc) is 3.07. The molecule has 6 heteroatoms. The van der Waals surface area contributed by atoms with E-state index in [1.165, 1.54) is 25.7 Å². The van der Waals surface area contributed by atoms with Crippen LogP contribution in [-0.2, 0) is 9.59 Å². The molecule has 2 amide bonds. The smallest absolute Gasteiger partial charge is 0.266 e. The number of fused-ring (bicyclic) bond motifs is 5. The van der Waals surface area contributed by atoms with Gasteiger partial charge in [-0.2, -0.15) is 0 Å². The molecule has 0 radical (unpaired) electrons. The Hall–Kier alpha value is -2.21. The number of hydrogen-bond acceptors (Lipinski definition) is 4. The maximum Gasteiger partial charge on any atom is 0.266 e. The zero-order valence-electron chi connectivity index (χ0n) is 17.5. The van der Waals surface area contributed by atoms with E-state index in [0.29, 0.717) is 17.8 Å². The number of nitrogens with two attached hydrogens (primary N) is 1. The number of amides is 2. The molecule has 2 N–H and O–H groups in total. The Morgan fingerprint density at radius 2 is 1.76 bits per heavy atom. The summed E-state index contributed by atoms with van der Waals surface area (Å²) in [5.74, 6) is 1.32. The fraction of sp³-hybridized carbons (Fsp3) is 0.609. The molecule has 1 aromatic rings. The zero-order valence-corrected chi connectivity index (χ0v) is 17.5. The third kappa shape index (κ3) is 4.22. The number of nitrogens with zero attached hydrogens (tertiary/aromatic N) is 3. The maximum absolute atomic E-state index is 13.2. The van der Waals surface area contributed by atoms with Crippen LogP contribution in [0.4, 0.5) is 5.69 Å². The van der Waals surface area contributed by atoms with Crippen LogP contribution in [0.3, 0.4) is 0 Å². The number of anilines is 1. The summed E-state index contributed by atoms with van der Waals surface area (Å²) in [5.41, 5.74) is 8.65. The van der Waals surface area contributed by atoms with Gasteiger partial charge in [0.25, 0.3) is 5.91 Å². The van der Waals surface area contributed by atoms with Crippen LogP contribution in [0.5, 0.6) is 0 Å². The molecule has 1 atom stereocenters. The fourth-order valence-corrected chi connectivity index (χ4v) is 4.97. The summed E-state index contributed by atoms with van der Waals surface area (Å²) in [4.78, 5) is 34.4. The molecule has 1 saturated carbocycles. The number of hydrogen-bond donors (Lipinski definition) is 1. The SMILES string of the molecule is CC(C)CC1=NC(N)C(=O)N(CC(=O)N2CC3CCC(CC3)C2)c2ccccc21. The minimum Gasteiger partial charge on any atom is -0.341 e. The van der Waals surface area contributed by atoms with Crippen molar-refractivity contribution in [2.45, 2.75) is 52.1 Å². The van der Waals surface area contributed by atoms with E-state index >= 15 is 0 Å². The monoisotopic (exact) mass is 396 g/mol. The molecule has 1 aromatic carbocycles. The molecule has 1 unspecified atom stereocenters. The number of aliphatic imine (C=N–C) groups is 1. The Bertz CT molecular complexity index is 797. The van der Waals surface area contributed by atoms with Gasteiger partial charge in [-0.15, -0.1) is 0 Å². The van der Waals surface area contributed by atoms with Crippen LogP contribution in [-0.4, -0.2) is 48.2 Å². The highest BCUT2D eigenvalue weighted by molar-refractivity contribution is 6.13. The standard InChI is InChI=1S/C23H32N4O2/c1-15(2)11-19-18-5-3-4-6-20(18)27(23(29)22(24)25-19)14-21(28)26-12-16-7-8-17(13-26)10-9-16/h3-6,15-17,22H,7-14,24H2,1-2H3. The number of rotatable bonds is 4. The second kappa shape index (κ2) is 8.27. The van der Waals surface area contributed by atoms with Crippen LogP contribution in [0.2, 0.25) is 0 Å². The molecule has 2 saturated heterocycles. The van der Waals surface area contributed by atoms with E-state index in [-0.39, 0.29) is 18.4 Å². The fourth-order valence-electron chi connectivity index (χ4n) is 4.97. The summed E-state index contributed by atoms with van der Waals surface area (Å²) in [6, 6.07) is 7.73. The van der Waals surface area contributed by atoms with Crippen LogP contribution in [0.25, 0.3) is 0 Å². The Labute approximate surface area is 173 Å². The van der Waals surface area contributed by atoms with E-state index in [1.807, 2.05) is 29.2 Å². The maximum atomic E-state index is 13.2. The lowest BCUT2D eigenvalue weighted by molar-refractivity contribution is -0.132. The van der Waals surface area contributed by atoms with Gasteiger partial charge in [0.2, 0.25) is 5.91 Å². The van der Waals surface area contributed by atoms with Crippen LogP contribution < -0.4 is 10.6 Å². The van der Waals surface area contributed by atoms with Crippen molar-refractivity contribution in [3.8, 4) is 0 Å². The van der Waals surface area contributed by atoms with Crippen LogP contribution in [0, 0.1) is 17.8 Å². The first kappa shape index (κ1) is 20.1. The van der Waals surface area contributed by atoms with Crippen molar-refractivity contribution >= 4 is 23.2 Å². The van der Waals surface area contributed by atoms with Gasteiger partial charge in [-0.3, -0.25) is 19.5 Å². The summed E-state index contributed by atoms with van der Waals surface area (Å²) in [7, 11) is 0. The van der Waals surface area contributed by atoms with E-state index in [0.717, 1.165) is 36.5 Å². The molecule has 0 aromatic heterocycles. The molecular formula is C23H32N4O2. The van der Waals surface area contributed by atoms with Crippen molar-refractivity contribution in [1.82, 2.24) is 4.90 Å². The molecular weight excluding hydrogens is 364 g/mol. The van der Waals surface area contributed by atoms with Crippen molar-refractivity contribution in [1.29, 1.82) is 0 Å². The first-order valence-electron chi connectivity index (χ1n) is 10.9. The van der Waals surface area contributed by atoms with Crippen molar-refractivity contribution < 1.29 is 9.59 Å². The minimum atomic E-state index is -0.968. The van der Waals surface area contributed by atoms with Gasteiger partial charge < -0.3 is 10.6 Å². The molecule has 2 bridgehead atoms. The highest BCUT2D eigenvalue weighted by Crippen LogP contribution is 2.34. The quantitative estimate of drug-likeness (QED) is 0.850. The molecule has 1 aliphatic carbocycles. The molecule has 0 spiro atoms. The van der Waals surface area contributed by atoms with Crippen LogP contribution in [0.15, 0.2) is 29.3 Å². The van der Waals surface area contributed by atoms with Gasteiger partial charge in [-0.05, 0) is 55.9 Å². The molecule has 29 heavy (non-hydrogen) atoms. The first-order chi connectivity index (χ1) is 13.9. The number of benzene rings is 1. The van der Waals surface area contributed by atoms with Gasteiger partial charge in [-0.25, -0.2) is 0 Å². The molecule has 156 valence electrons. The third-order valence-corrected chi connectivity index (χ3v) is 6.49. The normalized spacial score (nSPS) is 26.8. The molecule has 3 heterocycles. The number of para-hydroxylation sites is 1. The van der Waals surface area contributed by atoms with Gasteiger partial charge in [0.15, 0.2) is 6.17 Å². The predicted octanol–water partition coefficient (Wildman–Crippen LogP) is 2.80. The Kier molecular flexibility index (Phi) is 5.72. The summed E-state index contributed by atoms with van der Waals surface area (Å²) in [6.45, 7) is 5.92. The lowest BCUT2D eigenvalue weighted by Crippen LogP contribution is -2.48. The van der Waals surface area contributed by atoms with Crippen LogP contribution >= 0.6 is 0 Å². The zero-order chi connectivity index (χ0) is 20.5. The van der Waals surface area contributed by atoms with E-state index in [9.17, 15) is 9.59 Å². The second-order valence-corrected chi connectivity index (χ2v) is 9.25. The molecule has 4 aliphatic rings. The molecule has 3 aliphatic heterocycles. The number of carbonyl (C=O) groups excluding carboxylic acids is 2. The van der Waals surface area contributed by atoms with E-state index in [4.69, 9.17) is 5.73 Å². The van der Waals surface area contributed by atoms with Gasteiger partial charge in [-0.1, -0.05) is 32.0 Å². The van der Waals surface area contributed by atoms with Gasteiger partial charge in [0.05, 0.1) is 5.69 Å². The van der Waals surface area contributed by atoms with E-state index in [2.05, 4.69) is 18.8 Å². The minimum absolute atomic E-state index is 0.0199.